The van der Waals surface area contributed by atoms with Crippen LogP contribution in [0.4, 0.5) is 5.69 Å². The molecule has 5 heteroatoms. The molecule has 26 heavy (non-hydrogen) atoms. The number of nitrogens with zero attached hydrogens (tertiary/aromatic N) is 1. The number of carbonyl (C=O) groups excluding carboxylic acids is 3. The van der Waals surface area contributed by atoms with E-state index < -0.39 is 0 Å². The normalized spacial score (nSPS) is 21.8. The van der Waals surface area contributed by atoms with Crippen LogP contribution in [0.3, 0.4) is 0 Å². The van der Waals surface area contributed by atoms with Crippen LogP contribution in [0.5, 0.6) is 5.75 Å². The summed E-state index contributed by atoms with van der Waals surface area (Å²) >= 11 is 0. The predicted molar refractivity (Wildman–Crippen MR) is 98.7 cm³/mol. The number of amides is 2. The molecular weight excluding hydrogens is 330 g/mol. The second-order valence-electron chi connectivity index (χ2n) is 6.95. The fourth-order valence-electron chi connectivity index (χ4n) is 3.60. The van der Waals surface area contributed by atoms with Gasteiger partial charge in [-0.3, -0.25) is 19.3 Å². The maximum atomic E-state index is 12.6. The molecule has 2 aliphatic rings. The lowest BCUT2D eigenvalue weighted by Gasteiger charge is -2.15. The highest BCUT2D eigenvalue weighted by Gasteiger charge is 2.47. The molecule has 1 aliphatic carbocycles. The van der Waals surface area contributed by atoms with Crippen LogP contribution in [0.2, 0.25) is 0 Å². The summed E-state index contributed by atoms with van der Waals surface area (Å²) in [5.41, 5.74) is 0.539. The van der Waals surface area contributed by atoms with Crippen molar-refractivity contribution in [1.82, 2.24) is 0 Å². The molecule has 1 heterocycles. The van der Waals surface area contributed by atoms with E-state index in [9.17, 15) is 14.4 Å². The maximum Gasteiger partial charge on any atom is 0.311 e. The minimum atomic E-state index is -0.251. The number of carbonyl (C=O) groups is 3. The first-order valence-electron chi connectivity index (χ1n) is 9.45. The van der Waals surface area contributed by atoms with Gasteiger partial charge < -0.3 is 4.74 Å². The number of ether oxygens (including phenoxy) is 1. The number of fused-ring (bicyclic) bond motifs is 1. The Morgan fingerprint density at radius 1 is 1.00 bits per heavy atom. The second kappa shape index (κ2) is 8.30. The Bertz CT molecular complexity index is 681. The molecule has 2 atom stereocenters. The molecule has 0 unspecified atom stereocenters. The summed E-state index contributed by atoms with van der Waals surface area (Å²) in [5, 5.41) is 0. The van der Waals surface area contributed by atoms with Gasteiger partial charge >= 0.3 is 5.97 Å². The molecule has 3 rings (SSSR count). The second-order valence-corrected chi connectivity index (χ2v) is 6.95. The summed E-state index contributed by atoms with van der Waals surface area (Å²) in [7, 11) is 0. The van der Waals surface area contributed by atoms with Crippen LogP contribution >= 0.6 is 0 Å². The van der Waals surface area contributed by atoms with Gasteiger partial charge in [0.25, 0.3) is 0 Å². The molecule has 1 fully saturated rings. The summed E-state index contributed by atoms with van der Waals surface area (Å²) in [5.74, 6) is -0.567. The van der Waals surface area contributed by atoms with Gasteiger partial charge in [-0.2, -0.15) is 0 Å². The third-order valence-electron chi connectivity index (χ3n) is 5.07. The molecule has 5 nitrogen and oxygen atoms in total. The number of esters is 1. The van der Waals surface area contributed by atoms with Gasteiger partial charge in [-0.15, -0.1) is 0 Å². The van der Waals surface area contributed by atoms with Crippen molar-refractivity contribution in [2.45, 2.75) is 51.9 Å². The Labute approximate surface area is 154 Å². The van der Waals surface area contributed by atoms with Crippen molar-refractivity contribution in [3.8, 4) is 5.75 Å². The lowest BCUT2D eigenvalue weighted by atomic mass is 9.85. The fraction of sp³-hybridized carbons (Fsp3) is 0.476. The van der Waals surface area contributed by atoms with Gasteiger partial charge in [0.15, 0.2) is 0 Å². The number of benzene rings is 1. The SMILES string of the molecule is CCCCCCC(=O)Oc1ccc(N2C(=O)[C@@H]3CC=CC[C@H]3C2=O)cc1. The third kappa shape index (κ3) is 3.87. The zero-order valence-corrected chi connectivity index (χ0v) is 15.1. The molecule has 1 aromatic carbocycles. The first kappa shape index (κ1) is 18.4. The average molecular weight is 355 g/mol. The number of rotatable bonds is 7. The highest BCUT2D eigenvalue weighted by atomic mass is 16.5. The average Bonchev–Trinajstić information content (AvgIpc) is 2.91. The van der Waals surface area contributed by atoms with Gasteiger partial charge in [0, 0.05) is 6.42 Å². The zero-order valence-electron chi connectivity index (χ0n) is 15.1. The Kier molecular flexibility index (Phi) is 5.86. The molecule has 0 N–H and O–H groups in total. The first-order valence-corrected chi connectivity index (χ1v) is 9.45. The van der Waals surface area contributed by atoms with E-state index in [4.69, 9.17) is 4.74 Å². The molecule has 2 amide bonds. The monoisotopic (exact) mass is 355 g/mol. The lowest BCUT2D eigenvalue weighted by molar-refractivity contribution is -0.134. The Hall–Kier alpha value is -2.43. The zero-order chi connectivity index (χ0) is 18.5. The van der Waals surface area contributed by atoms with E-state index in [0.29, 0.717) is 30.7 Å². The predicted octanol–water partition coefficient (Wildman–Crippen LogP) is 4.02. The van der Waals surface area contributed by atoms with Crippen LogP contribution in [0.15, 0.2) is 36.4 Å². The number of unbranched alkanes of at least 4 members (excludes halogenated alkanes) is 3. The maximum absolute atomic E-state index is 12.6. The Morgan fingerprint density at radius 3 is 2.19 bits per heavy atom. The summed E-state index contributed by atoms with van der Waals surface area (Å²) in [6.45, 7) is 2.13. The van der Waals surface area contributed by atoms with Crippen molar-refractivity contribution < 1.29 is 19.1 Å². The highest BCUT2D eigenvalue weighted by Crippen LogP contribution is 2.37. The van der Waals surface area contributed by atoms with Gasteiger partial charge in [-0.1, -0.05) is 38.3 Å². The van der Waals surface area contributed by atoms with Crippen LogP contribution < -0.4 is 9.64 Å². The van der Waals surface area contributed by atoms with Crippen LogP contribution in [0.1, 0.15) is 51.9 Å². The Morgan fingerprint density at radius 2 is 1.62 bits per heavy atom. The molecule has 1 saturated heterocycles. The summed E-state index contributed by atoms with van der Waals surface area (Å²) < 4.78 is 5.32. The van der Waals surface area contributed by atoms with E-state index in [1.165, 1.54) is 4.90 Å². The van der Waals surface area contributed by atoms with Crippen LogP contribution in [-0.2, 0) is 14.4 Å². The van der Waals surface area contributed by atoms with Crippen molar-refractivity contribution in [1.29, 1.82) is 0 Å². The summed E-state index contributed by atoms with van der Waals surface area (Å²) in [6.07, 6.45) is 9.71. The quantitative estimate of drug-likeness (QED) is 0.244. The lowest BCUT2D eigenvalue weighted by Crippen LogP contribution is -2.30. The van der Waals surface area contributed by atoms with E-state index in [2.05, 4.69) is 6.92 Å². The molecule has 0 radical (unpaired) electrons. The summed E-state index contributed by atoms with van der Waals surface area (Å²) in [6, 6.07) is 6.61. The van der Waals surface area contributed by atoms with Crippen molar-refractivity contribution in [2.24, 2.45) is 11.8 Å². The Balaban J connectivity index is 1.60. The smallest absolute Gasteiger partial charge is 0.311 e. The van der Waals surface area contributed by atoms with Crippen molar-refractivity contribution >= 4 is 23.5 Å². The minimum absolute atomic E-state index is 0.134. The van der Waals surface area contributed by atoms with Crippen molar-refractivity contribution in [3.05, 3.63) is 36.4 Å². The molecular formula is C21H25NO4. The van der Waals surface area contributed by atoms with Crippen LogP contribution in [0.25, 0.3) is 0 Å². The minimum Gasteiger partial charge on any atom is -0.427 e. The van der Waals surface area contributed by atoms with Crippen molar-refractivity contribution in [3.63, 3.8) is 0 Å². The number of hydrogen-bond donors (Lipinski definition) is 0. The first-order chi connectivity index (χ1) is 12.6. The molecule has 0 spiro atoms. The van der Waals surface area contributed by atoms with Crippen molar-refractivity contribution in [2.75, 3.05) is 4.90 Å². The van der Waals surface area contributed by atoms with E-state index in [1.807, 2.05) is 12.2 Å². The molecule has 0 aromatic heterocycles. The third-order valence-corrected chi connectivity index (χ3v) is 5.07. The number of imide groups is 1. The molecule has 0 saturated carbocycles. The van der Waals surface area contributed by atoms with Crippen LogP contribution in [0, 0.1) is 11.8 Å². The summed E-state index contributed by atoms with van der Waals surface area (Å²) in [4.78, 5) is 38.3. The van der Waals surface area contributed by atoms with Gasteiger partial charge in [0.2, 0.25) is 11.8 Å². The topological polar surface area (TPSA) is 63.7 Å². The number of hydrogen-bond acceptors (Lipinski definition) is 4. The van der Waals surface area contributed by atoms with Gasteiger partial charge in [0.05, 0.1) is 17.5 Å². The number of anilines is 1. The molecule has 0 bridgehead atoms. The largest absolute Gasteiger partial charge is 0.427 e. The van der Waals surface area contributed by atoms with Gasteiger partial charge in [-0.05, 0) is 43.5 Å². The standard InChI is InChI=1S/C21H25NO4/c1-2-3-4-5-10-19(23)26-16-13-11-15(12-14-16)22-20(24)17-8-6-7-9-18(17)21(22)25/h6-7,11-14,17-18H,2-5,8-10H2,1H3/t17-,18-/m1/s1. The molecule has 138 valence electrons. The van der Waals surface area contributed by atoms with E-state index in [-0.39, 0.29) is 29.6 Å². The van der Waals surface area contributed by atoms with E-state index >= 15 is 0 Å². The fourth-order valence-corrected chi connectivity index (χ4v) is 3.60. The number of allylic oxidation sites excluding steroid dienone is 2. The molecule has 1 aromatic rings. The van der Waals surface area contributed by atoms with Crippen LogP contribution in [-0.4, -0.2) is 17.8 Å². The molecule has 1 aliphatic heterocycles. The van der Waals surface area contributed by atoms with E-state index in [1.54, 1.807) is 24.3 Å². The van der Waals surface area contributed by atoms with Gasteiger partial charge in [0.1, 0.15) is 5.75 Å². The highest BCUT2D eigenvalue weighted by molar-refractivity contribution is 6.22. The van der Waals surface area contributed by atoms with Gasteiger partial charge in [-0.25, -0.2) is 0 Å². The van der Waals surface area contributed by atoms with E-state index in [0.717, 1.165) is 25.7 Å².